The molecule has 0 saturated carbocycles. The van der Waals surface area contributed by atoms with Gasteiger partial charge >= 0.3 is 0 Å². The van der Waals surface area contributed by atoms with E-state index in [-0.39, 0.29) is 0 Å². The van der Waals surface area contributed by atoms with Gasteiger partial charge in [0, 0.05) is 0 Å². The third-order valence-corrected chi connectivity index (χ3v) is 10.6. The van der Waals surface area contributed by atoms with E-state index < -0.39 is 0 Å². The molecule has 0 fully saturated rings. The lowest BCUT2D eigenvalue weighted by molar-refractivity contribution is 1.48. The molecule has 10 rings (SSSR count). The highest BCUT2D eigenvalue weighted by atomic mass is 14.6. The van der Waals surface area contributed by atoms with Crippen LogP contribution in [0, 0.1) is 29.2 Å². The highest BCUT2D eigenvalue weighted by Crippen LogP contribution is 2.53. The summed E-state index contributed by atoms with van der Waals surface area (Å²) in [5, 5.41) is 28.4. The molecule has 9 aromatic carbocycles. The van der Waals surface area contributed by atoms with Crippen LogP contribution in [0.1, 0.15) is 11.1 Å². The summed E-state index contributed by atoms with van der Waals surface area (Å²) in [5.74, 6) is 0. The first-order chi connectivity index (χ1) is 25.6. The quantitative estimate of drug-likeness (QED) is 0.140. The predicted molar refractivity (Wildman–Crippen MR) is 213 cm³/mol. The maximum atomic E-state index is 9.76. The topological polar surface area (TPSA) is 51.9 Å². The molecule has 0 unspecified atom stereocenters. The zero-order valence-electron chi connectivity index (χ0n) is 27.8. The monoisotopic (exact) mass is 655 g/mol. The van der Waals surface area contributed by atoms with Gasteiger partial charge in [0.15, 0.2) is 5.69 Å². The Balaban J connectivity index is 1.32. The summed E-state index contributed by atoms with van der Waals surface area (Å²) >= 11 is 0. The SMILES string of the molecule is [C-]#[N+]c1cccc(-c2cc3c4ccccc4c(-c4cccc(C#N)c4)cc3c3cc4c(cc23)-c2cccc3c(-c5ccc(C#N)cc5)ccc-4c23)c1. The molecule has 0 atom stereocenters. The second-order valence-corrected chi connectivity index (χ2v) is 13.4. The van der Waals surface area contributed by atoms with E-state index in [1.807, 2.05) is 60.7 Å². The van der Waals surface area contributed by atoms with Crippen molar-refractivity contribution in [3.05, 3.63) is 174 Å². The first-order valence-electron chi connectivity index (χ1n) is 17.1. The van der Waals surface area contributed by atoms with Crippen LogP contribution in [0.5, 0.6) is 0 Å². The van der Waals surface area contributed by atoms with Crippen molar-refractivity contribution >= 4 is 48.8 Å². The van der Waals surface area contributed by atoms with Gasteiger partial charge in [-0.1, -0.05) is 97.1 Å². The normalized spacial score (nSPS) is 11.4. The lowest BCUT2D eigenvalue weighted by Crippen LogP contribution is -1.91. The van der Waals surface area contributed by atoms with Crippen LogP contribution < -0.4 is 0 Å². The molecule has 236 valence electrons. The van der Waals surface area contributed by atoms with E-state index in [2.05, 4.69) is 108 Å². The van der Waals surface area contributed by atoms with E-state index >= 15 is 0 Å². The summed E-state index contributed by atoms with van der Waals surface area (Å²) in [4.78, 5) is 3.77. The van der Waals surface area contributed by atoms with Crippen LogP contribution in [0.25, 0.3) is 104 Å². The first kappa shape index (κ1) is 29.4. The van der Waals surface area contributed by atoms with Crippen molar-refractivity contribution in [3.63, 3.8) is 0 Å². The molecule has 0 bridgehead atoms. The van der Waals surface area contributed by atoms with Gasteiger partial charge in [0.25, 0.3) is 0 Å². The van der Waals surface area contributed by atoms with Gasteiger partial charge in [-0.2, -0.15) is 10.5 Å². The molecule has 52 heavy (non-hydrogen) atoms. The molecule has 0 amide bonds. The van der Waals surface area contributed by atoms with Gasteiger partial charge in [-0.25, -0.2) is 4.85 Å². The standard InChI is InChI=1S/C49H25N3/c1-52-34-10-5-9-33(22-34)42-24-43-37-12-3-2-11-36(37)41(32-8-4-7-30(21-32)28-51)23-47(43)48-26-45-40-20-19-35(31-17-15-29(27-50)16-18-31)38-13-6-14-39(49(38)40)44(45)25-46(42)48/h2-26H. The Labute approximate surface area is 300 Å². The highest BCUT2D eigenvalue weighted by Gasteiger charge is 2.25. The summed E-state index contributed by atoms with van der Waals surface area (Å²) in [6.07, 6.45) is 0. The Bertz CT molecular complexity index is 3150. The predicted octanol–water partition coefficient (Wildman–Crippen LogP) is 13.2. The summed E-state index contributed by atoms with van der Waals surface area (Å²) in [6, 6.07) is 57.0. The molecule has 0 N–H and O–H groups in total. The van der Waals surface area contributed by atoms with E-state index in [0.717, 1.165) is 65.7 Å². The average Bonchev–Trinajstić information content (AvgIpc) is 3.53. The van der Waals surface area contributed by atoms with E-state index in [9.17, 15) is 10.5 Å². The van der Waals surface area contributed by atoms with Crippen LogP contribution in [0.4, 0.5) is 5.69 Å². The van der Waals surface area contributed by atoms with Crippen LogP contribution >= 0.6 is 0 Å². The zero-order chi connectivity index (χ0) is 34.9. The Kier molecular flexibility index (Phi) is 6.37. The molecular weight excluding hydrogens is 631 g/mol. The zero-order valence-corrected chi connectivity index (χ0v) is 27.8. The van der Waals surface area contributed by atoms with Gasteiger partial charge in [0.2, 0.25) is 0 Å². The van der Waals surface area contributed by atoms with Gasteiger partial charge in [-0.05, 0) is 153 Å². The second kappa shape index (κ2) is 11.3. The summed E-state index contributed by atoms with van der Waals surface area (Å²) in [7, 11) is 0. The molecular formula is C49H25N3. The fourth-order valence-electron chi connectivity index (χ4n) is 8.30. The molecule has 1 aliphatic carbocycles. The molecule has 0 saturated heterocycles. The van der Waals surface area contributed by atoms with Crippen molar-refractivity contribution < 1.29 is 0 Å². The number of nitrogens with zero attached hydrogens (tertiary/aromatic N) is 3. The summed E-state index contributed by atoms with van der Waals surface area (Å²) in [5.41, 5.74) is 13.1. The van der Waals surface area contributed by atoms with Crippen molar-refractivity contribution in [3.8, 4) is 67.8 Å². The van der Waals surface area contributed by atoms with E-state index in [1.165, 1.54) is 33.0 Å². The van der Waals surface area contributed by atoms with Crippen molar-refractivity contribution in [1.82, 2.24) is 0 Å². The van der Waals surface area contributed by atoms with Crippen molar-refractivity contribution in [2.45, 2.75) is 0 Å². The Morgan fingerprint density at radius 3 is 1.71 bits per heavy atom. The van der Waals surface area contributed by atoms with Crippen molar-refractivity contribution in [2.75, 3.05) is 0 Å². The van der Waals surface area contributed by atoms with Crippen LogP contribution in [0.2, 0.25) is 0 Å². The average molecular weight is 656 g/mol. The Morgan fingerprint density at radius 1 is 0.365 bits per heavy atom. The minimum absolute atomic E-state index is 0.608. The maximum Gasteiger partial charge on any atom is 0.187 e. The number of benzene rings is 9. The number of hydrogen-bond donors (Lipinski definition) is 0. The molecule has 9 aromatic rings. The van der Waals surface area contributed by atoms with Crippen LogP contribution in [-0.2, 0) is 0 Å². The molecule has 0 radical (unpaired) electrons. The van der Waals surface area contributed by atoms with Crippen LogP contribution in [0.15, 0.2) is 152 Å². The van der Waals surface area contributed by atoms with Crippen LogP contribution in [0.3, 0.4) is 0 Å². The second-order valence-electron chi connectivity index (χ2n) is 13.4. The molecule has 0 heterocycles. The van der Waals surface area contributed by atoms with Gasteiger partial charge < -0.3 is 0 Å². The van der Waals surface area contributed by atoms with Crippen molar-refractivity contribution in [1.29, 1.82) is 10.5 Å². The van der Waals surface area contributed by atoms with Crippen LogP contribution in [-0.4, -0.2) is 0 Å². The fourth-order valence-corrected chi connectivity index (χ4v) is 8.30. The van der Waals surface area contributed by atoms with E-state index in [1.54, 1.807) is 0 Å². The van der Waals surface area contributed by atoms with Gasteiger partial charge in [-0.3, -0.25) is 0 Å². The fraction of sp³-hybridized carbons (Fsp3) is 0. The highest BCUT2D eigenvalue weighted by molar-refractivity contribution is 6.27. The number of rotatable bonds is 3. The number of hydrogen-bond acceptors (Lipinski definition) is 2. The number of fused-ring (bicyclic) bond motifs is 8. The Hall–Kier alpha value is -7.51. The maximum absolute atomic E-state index is 9.76. The third-order valence-electron chi connectivity index (χ3n) is 10.6. The van der Waals surface area contributed by atoms with E-state index in [0.29, 0.717) is 16.8 Å². The molecule has 0 aromatic heterocycles. The lowest BCUT2D eigenvalue weighted by Gasteiger charge is -2.18. The summed E-state index contributed by atoms with van der Waals surface area (Å²) in [6.45, 7) is 7.77. The van der Waals surface area contributed by atoms with Crippen molar-refractivity contribution in [2.24, 2.45) is 0 Å². The molecule has 1 aliphatic rings. The summed E-state index contributed by atoms with van der Waals surface area (Å²) < 4.78 is 0. The lowest BCUT2D eigenvalue weighted by atomic mass is 9.86. The third kappa shape index (κ3) is 4.30. The molecule has 0 spiro atoms. The van der Waals surface area contributed by atoms with Gasteiger partial charge in [0.1, 0.15) is 0 Å². The largest absolute Gasteiger partial charge is 0.238 e. The smallest absolute Gasteiger partial charge is 0.187 e. The minimum Gasteiger partial charge on any atom is -0.238 e. The minimum atomic E-state index is 0.608. The number of nitriles is 2. The molecule has 3 nitrogen and oxygen atoms in total. The van der Waals surface area contributed by atoms with E-state index in [4.69, 9.17) is 6.57 Å². The molecule has 0 aliphatic heterocycles. The van der Waals surface area contributed by atoms with Gasteiger partial charge in [-0.15, -0.1) is 0 Å². The van der Waals surface area contributed by atoms with Gasteiger partial charge in [0.05, 0.1) is 29.8 Å². The first-order valence-corrected chi connectivity index (χ1v) is 17.1. The molecule has 3 heteroatoms. The Morgan fingerprint density at radius 2 is 0.942 bits per heavy atom.